The monoisotopic (exact) mass is 157 g/mol. The van der Waals surface area contributed by atoms with E-state index in [0.717, 1.165) is 19.6 Å². The average Bonchev–Trinajstić information content (AvgIpc) is 2.04. The first-order valence-electron chi connectivity index (χ1n) is 3.96. The summed E-state index contributed by atoms with van der Waals surface area (Å²) in [6, 6.07) is 0.291. The van der Waals surface area contributed by atoms with Crippen molar-refractivity contribution in [1.29, 1.82) is 0 Å². The Morgan fingerprint density at radius 3 is 3.09 bits per heavy atom. The van der Waals surface area contributed by atoms with Crippen molar-refractivity contribution >= 4 is 5.91 Å². The summed E-state index contributed by atoms with van der Waals surface area (Å²) in [6.07, 6.45) is 0. The van der Waals surface area contributed by atoms with Gasteiger partial charge in [0.15, 0.2) is 0 Å². The lowest BCUT2D eigenvalue weighted by molar-refractivity contribution is -0.132. The number of rotatable bonds is 1. The summed E-state index contributed by atoms with van der Waals surface area (Å²) in [7, 11) is 0. The third-order valence-corrected chi connectivity index (χ3v) is 2.00. The van der Waals surface area contributed by atoms with Gasteiger partial charge in [0.25, 0.3) is 0 Å². The molecule has 0 saturated carbocycles. The van der Waals surface area contributed by atoms with Crippen LogP contribution in [0.15, 0.2) is 0 Å². The van der Waals surface area contributed by atoms with E-state index in [9.17, 15) is 4.79 Å². The molecule has 1 amide bonds. The lowest BCUT2D eigenvalue weighted by atomic mass is 10.2. The predicted octanol–water partition coefficient (Wildman–Crippen LogP) is -1.23. The van der Waals surface area contributed by atoms with Crippen LogP contribution in [0, 0.1) is 0 Å². The van der Waals surface area contributed by atoms with Crippen LogP contribution >= 0.6 is 0 Å². The van der Waals surface area contributed by atoms with Crippen molar-refractivity contribution in [3.05, 3.63) is 0 Å². The zero-order valence-electron chi connectivity index (χ0n) is 6.84. The van der Waals surface area contributed by atoms with Crippen LogP contribution in [0.25, 0.3) is 0 Å². The molecule has 1 unspecified atom stereocenters. The van der Waals surface area contributed by atoms with Crippen LogP contribution < -0.4 is 11.1 Å². The maximum atomic E-state index is 11.2. The van der Waals surface area contributed by atoms with Crippen LogP contribution in [0.4, 0.5) is 0 Å². The molecule has 4 heteroatoms. The number of piperazine rings is 1. The summed E-state index contributed by atoms with van der Waals surface area (Å²) >= 11 is 0. The van der Waals surface area contributed by atoms with Crippen molar-refractivity contribution in [1.82, 2.24) is 10.2 Å². The van der Waals surface area contributed by atoms with Gasteiger partial charge in [0.2, 0.25) is 5.91 Å². The molecule has 0 aromatic heterocycles. The topological polar surface area (TPSA) is 58.4 Å². The smallest absolute Gasteiger partial charge is 0.236 e. The summed E-state index contributed by atoms with van der Waals surface area (Å²) in [4.78, 5) is 13.0. The zero-order chi connectivity index (χ0) is 8.27. The first-order chi connectivity index (χ1) is 5.25. The molecule has 4 nitrogen and oxygen atoms in total. The van der Waals surface area contributed by atoms with Gasteiger partial charge < -0.3 is 16.0 Å². The van der Waals surface area contributed by atoms with Gasteiger partial charge in [-0.05, 0) is 6.92 Å². The van der Waals surface area contributed by atoms with Gasteiger partial charge in [-0.3, -0.25) is 4.79 Å². The number of carbonyl (C=O) groups excluding carboxylic acids is 1. The molecule has 0 spiro atoms. The minimum Gasteiger partial charge on any atom is -0.336 e. The molecule has 0 aliphatic carbocycles. The second kappa shape index (κ2) is 3.69. The van der Waals surface area contributed by atoms with Gasteiger partial charge in [0.05, 0.1) is 6.54 Å². The van der Waals surface area contributed by atoms with E-state index in [1.54, 1.807) is 0 Å². The van der Waals surface area contributed by atoms with Gasteiger partial charge in [0.1, 0.15) is 0 Å². The van der Waals surface area contributed by atoms with Crippen LogP contribution in [0.1, 0.15) is 6.92 Å². The third-order valence-electron chi connectivity index (χ3n) is 2.00. The number of nitrogens with two attached hydrogens (primary N) is 1. The molecule has 1 atom stereocenters. The lowest BCUT2D eigenvalue weighted by Gasteiger charge is -2.33. The molecule has 3 N–H and O–H groups in total. The van der Waals surface area contributed by atoms with Gasteiger partial charge in [-0.2, -0.15) is 0 Å². The van der Waals surface area contributed by atoms with Gasteiger partial charge >= 0.3 is 0 Å². The van der Waals surface area contributed by atoms with E-state index in [4.69, 9.17) is 5.73 Å². The molecule has 0 bridgehead atoms. The second-order valence-electron chi connectivity index (χ2n) is 2.84. The first kappa shape index (κ1) is 8.49. The summed E-state index contributed by atoms with van der Waals surface area (Å²) in [6.45, 7) is 4.71. The fourth-order valence-electron chi connectivity index (χ4n) is 1.33. The molecule has 1 heterocycles. The number of hydrogen-bond donors (Lipinski definition) is 2. The fraction of sp³-hybridized carbons (Fsp3) is 0.857. The Kier molecular flexibility index (Phi) is 2.84. The molecule has 11 heavy (non-hydrogen) atoms. The third kappa shape index (κ3) is 1.91. The fourth-order valence-corrected chi connectivity index (χ4v) is 1.33. The second-order valence-corrected chi connectivity index (χ2v) is 2.84. The Morgan fingerprint density at radius 1 is 1.82 bits per heavy atom. The molecular formula is C7H15N3O. The first-order valence-corrected chi connectivity index (χ1v) is 3.96. The quantitative estimate of drug-likeness (QED) is 0.501. The Labute approximate surface area is 66.7 Å². The van der Waals surface area contributed by atoms with E-state index < -0.39 is 0 Å². The average molecular weight is 157 g/mol. The van der Waals surface area contributed by atoms with Crippen LogP contribution in [0.5, 0.6) is 0 Å². The van der Waals surface area contributed by atoms with Gasteiger partial charge in [0, 0.05) is 25.7 Å². The van der Waals surface area contributed by atoms with E-state index in [1.807, 2.05) is 11.8 Å². The molecule has 0 radical (unpaired) electrons. The van der Waals surface area contributed by atoms with E-state index >= 15 is 0 Å². The van der Waals surface area contributed by atoms with E-state index in [1.165, 1.54) is 0 Å². The van der Waals surface area contributed by atoms with Crippen molar-refractivity contribution in [2.45, 2.75) is 13.0 Å². The Morgan fingerprint density at radius 2 is 2.55 bits per heavy atom. The highest BCUT2D eigenvalue weighted by atomic mass is 16.2. The van der Waals surface area contributed by atoms with Crippen molar-refractivity contribution in [2.75, 3.05) is 26.2 Å². The van der Waals surface area contributed by atoms with Crippen LogP contribution in [-0.4, -0.2) is 43.0 Å². The summed E-state index contributed by atoms with van der Waals surface area (Å²) in [5.74, 6) is 0.0546. The van der Waals surface area contributed by atoms with Gasteiger partial charge in [-0.15, -0.1) is 0 Å². The number of nitrogens with zero attached hydrogens (tertiary/aromatic N) is 1. The molecular weight excluding hydrogens is 142 g/mol. The molecule has 0 aromatic carbocycles. The summed E-state index contributed by atoms with van der Waals surface area (Å²) in [5, 5.41) is 3.21. The van der Waals surface area contributed by atoms with Crippen molar-refractivity contribution in [2.24, 2.45) is 5.73 Å². The van der Waals surface area contributed by atoms with E-state index in [0.29, 0.717) is 6.04 Å². The highest BCUT2D eigenvalue weighted by Crippen LogP contribution is 2.01. The normalized spacial score (nSPS) is 25.3. The Balaban J connectivity index is 2.47. The van der Waals surface area contributed by atoms with Crippen LogP contribution in [0.2, 0.25) is 0 Å². The maximum Gasteiger partial charge on any atom is 0.236 e. The predicted molar refractivity (Wildman–Crippen MR) is 43.1 cm³/mol. The van der Waals surface area contributed by atoms with Crippen molar-refractivity contribution < 1.29 is 4.79 Å². The van der Waals surface area contributed by atoms with Crippen LogP contribution in [-0.2, 0) is 4.79 Å². The van der Waals surface area contributed by atoms with E-state index in [2.05, 4.69) is 5.32 Å². The van der Waals surface area contributed by atoms with Gasteiger partial charge in [-0.1, -0.05) is 0 Å². The molecule has 1 aliphatic heterocycles. The number of nitrogens with one attached hydrogen (secondary N) is 1. The highest BCUT2D eigenvalue weighted by Gasteiger charge is 2.21. The minimum absolute atomic E-state index is 0.0546. The Hall–Kier alpha value is -0.610. The molecule has 1 saturated heterocycles. The Bertz CT molecular complexity index is 149. The zero-order valence-corrected chi connectivity index (χ0v) is 6.84. The number of amides is 1. The minimum atomic E-state index is 0.0546. The standard InChI is InChI=1S/C7H15N3O/c1-6-5-9-2-3-10(6)7(11)4-8/h6,9H,2-5,8H2,1H3. The van der Waals surface area contributed by atoms with E-state index in [-0.39, 0.29) is 12.5 Å². The highest BCUT2D eigenvalue weighted by molar-refractivity contribution is 5.78. The molecule has 1 fully saturated rings. The van der Waals surface area contributed by atoms with Crippen molar-refractivity contribution in [3.8, 4) is 0 Å². The molecule has 1 rings (SSSR count). The molecule has 64 valence electrons. The summed E-state index contributed by atoms with van der Waals surface area (Å²) < 4.78 is 0. The molecule has 0 aromatic rings. The number of carbonyl (C=O) groups is 1. The van der Waals surface area contributed by atoms with Crippen LogP contribution in [0.3, 0.4) is 0 Å². The largest absolute Gasteiger partial charge is 0.336 e. The number of hydrogen-bond acceptors (Lipinski definition) is 3. The summed E-state index contributed by atoms with van der Waals surface area (Å²) in [5.41, 5.74) is 5.25. The maximum absolute atomic E-state index is 11.2. The SMILES string of the molecule is CC1CNCCN1C(=O)CN. The molecule has 1 aliphatic rings. The van der Waals surface area contributed by atoms with Crippen molar-refractivity contribution in [3.63, 3.8) is 0 Å². The van der Waals surface area contributed by atoms with Gasteiger partial charge in [-0.25, -0.2) is 0 Å². The lowest BCUT2D eigenvalue weighted by Crippen LogP contribution is -2.53.